The van der Waals surface area contributed by atoms with Crippen LogP contribution in [0.25, 0.3) is 0 Å². The largest absolute Gasteiger partial charge is 0.491 e. The summed E-state index contributed by atoms with van der Waals surface area (Å²) in [5.41, 5.74) is 2.24. The highest BCUT2D eigenvalue weighted by molar-refractivity contribution is 9.10. The van der Waals surface area contributed by atoms with Crippen molar-refractivity contribution < 1.29 is 19.1 Å². The molecule has 0 aliphatic heterocycles. The number of carbonyl (C=O) groups excluding carboxylic acids is 2. The molecule has 21 heavy (non-hydrogen) atoms. The predicted molar refractivity (Wildman–Crippen MR) is 81.2 cm³/mol. The molecule has 0 bridgehead atoms. The molecule has 2 rings (SSSR count). The van der Waals surface area contributed by atoms with E-state index in [1.165, 1.54) is 14.0 Å². The first-order valence-corrected chi connectivity index (χ1v) is 7.57. The SMILES string of the molecule is COC(=O)C1Cc2ccc(OCCNC(C)=O)c(Br)c2C1. The molecule has 1 unspecified atom stereocenters. The molecule has 0 fully saturated rings. The van der Waals surface area contributed by atoms with E-state index in [0.717, 1.165) is 21.3 Å². The minimum absolute atomic E-state index is 0.0764. The van der Waals surface area contributed by atoms with Crippen molar-refractivity contribution in [2.24, 2.45) is 5.92 Å². The molecular formula is C15H18BrNO4. The van der Waals surface area contributed by atoms with Gasteiger partial charge in [0, 0.05) is 6.92 Å². The van der Waals surface area contributed by atoms with Crippen molar-refractivity contribution in [3.8, 4) is 5.75 Å². The second-order valence-electron chi connectivity index (χ2n) is 4.98. The van der Waals surface area contributed by atoms with Crippen LogP contribution in [0.2, 0.25) is 0 Å². The number of methoxy groups -OCH3 is 1. The lowest BCUT2D eigenvalue weighted by Crippen LogP contribution is -2.25. The number of hydrogen-bond donors (Lipinski definition) is 1. The zero-order valence-corrected chi connectivity index (χ0v) is 13.7. The highest BCUT2D eigenvalue weighted by Crippen LogP contribution is 2.38. The summed E-state index contributed by atoms with van der Waals surface area (Å²) in [6.07, 6.45) is 1.36. The molecule has 1 aliphatic rings. The van der Waals surface area contributed by atoms with Gasteiger partial charge in [-0.25, -0.2) is 0 Å². The Kier molecular flexibility index (Phi) is 5.22. The van der Waals surface area contributed by atoms with Gasteiger partial charge >= 0.3 is 5.97 Å². The van der Waals surface area contributed by atoms with Crippen LogP contribution >= 0.6 is 15.9 Å². The molecule has 0 heterocycles. The molecule has 1 N–H and O–H groups in total. The summed E-state index contributed by atoms with van der Waals surface area (Å²) in [5.74, 6) is 0.360. The lowest BCUT2D eigenvalue weighted by atomic mass is 10.1. The third-order valence-corrected chi connectivity index (χ3v) is 4.36. The molecule has 1 aromatic rings. The average Bonchev–Trinajstić information content (AvgIpc) is 2.89. The van der Waals surface area contributed by atoms with Crippen molar-refractivity contribution in [1.82, 2.24) is 5.32 Å². The van der Waals surface area contributed by atoms with Gasteiger partial charge in [-0.3, -0.25) is 9.59 Å². The zero-order chi connectivity index (χ0) is 15.4. The Morgan fingerprint density at radius 2 is 2.14 bits per heavy atom. The summed E-state index contributed by atoms with van der Waals surface area (Å²) in [6.45, 7) is 2.33. The standard InChI is InChI=1S/C15H18BrNO4/c1-9(18)17-5-6-21-13-4-3-10-7-11(15(19)20-2)8-12(10)14(13)16/h3-4,11H,5-8H2,1-2H3,(H,17,18). The third-order valence-electron chi connectivity index (χ3n) is 3.49. The van der Waals surface area contributed by atoms with Gasteiger partial charge in [0.2, 0.25) is 5.91 Å². The number of halogens is 1. The molecule has 6 heteroatoms. The summed E-state index contributed by atoms with van der Waals surface area (Å²) >= 11 is 3.55. The van der Waals surface area contributed by atoms with Crippen molar-refractivity contribution in [1.29, 1.82) is 0 Å². The van der Waals surface area contributed by atoms with Gasteiger partial charge in [-0.2, -0.15) is 0 Å². The maximum atomic E-state index is 11.6. The fourth-order valence-electron chi connectivity index (χ4n) is 2.47. The van der Waals surface area contributed by atoms with E-state index in [2.05, 4.69) is 21.2 Å². The number of nitrogens with one attached hydrogen (secondary N) is 1. The molecule has 1 aliphatic carbocycles. The number of ether oxygens (including phenoxy) is 2. The van der Waals surface area contributed by atoms with E-state index < -0.39 is 0 Å². The third kappa shape index (κ3) is 3.75. The van der Waals surface area contributed by atoms with Gasteiger partial charge in [-0.1, -0.05) is 6.07 Å². The zero-order valence-electron chi connectivity index (χ0n) is 12.1. The van der Waals surface area contributed by atoms with Crippen molar-refractivity contribution in [2.75, 3.05) is 20.3 Å². The van der Waals surface area contributed by atoms with Crippen LogP contribution in [0.3, 0.4) is 0 Å². The highest BCUT2D eigenvalue weighted by Gasteiger charge is 2.30. The van der Waals surface area contributed by atoms with Gasteiger partial charge in [0.15, 0.2) is 0 Å². The molecule has 0 saturated heterocycles. The lowest BCUT2D eigenvalue weighted by Gasteiger charge is -2.11. The first-order chi connectivity index (χ1) is 10.0. The van der Waals surface area contributed by atoms with Crippen LogP contribution in [0.15, 0.2) is 16.6 Å². The average molecular weight is 356 g/mol. The van der Waals surface area contributed by atoms with E-state index in [1.807, 2.05) is 12.1 Å². The first kappa shape index (κ1) is 15.8. The van der Waals surface area contributed by atoms with Crippen molar-refractivity contribution in [2.45, 2.75) is 19.8 Å². The Morgan fingerprint density at radius 3 is 2.81 bits per heavy atom. The molecule has 1 atom stereocenters. The summed E-state index contributed by atoms with van der Waals surface area (Å²) in [6, 6.07) is 3.87. The van der Waals surface area contributed by atoms with Gasteiger partial charge in [-0.05, 0) is 46.0 Å². The number of esters is 1. The topological polar surface area (TPSA) is 64.6 Å². The van der Waals surface area contributed by atoms with Gasteiger partial charge < -0.3 is 14.8 Å². The van der Waals surface area contributed by atoms with Gasteiger partial charge in [0.25, 0.3) is 0 Å². The number of hydrogen-bond acceptors (Lipinski definition) is 4. The van der Waals surface area contributed by atoms with Crippen molar-refractivity contribution in [3.05, 3.63) is 27.7 Å². The van der Waals surface area contributed by atoms with E-state index in [-0.39, 0.29) is 17.8 Å². The summed E-state index contributed by atoms with van der Waals surface area (Å²) in [7, 11) is 1.41. The van der Waals surface area contributed by atoms with Gasteiger partial charge in [0.05, 0.1) is 24.0 Å². The Balaban J connectivity index is 2.02. The van der Waals surface area contributed by atoms with Crippen LogP contribution in [0.4, 0.5) is 0 Å². The Hall–Kier alpha value is -1.56. The van der Waals surface area contributed by atoms with Crippen LogP contribution in [0.5, 0.6) is 5.75 Å². The van der Waals surface area contributed by atoms with Crippen LogP contribution in [0.1, 0.15) is 18.1 Å². The van der Waals surface area contributed by atoms with Gasteiger partial charge in [0.1, 0.15) is 12.4 Å². The van der Waals surface area contributed by atoms with Gasteiger partial charge in [-0.15, -0.1) is 0 Å². The van der Waals surface area contributed by atoms with Crippen LogP contribution in [-0.4, -0.2) is 32.1 Å². The molecule has 1 amide bonds. The minimum atomic E-state index is -0.175. The fourth-order valence-corrected chi connectivity index (χ4v) is 3.13. The minimum Gasteiger partial charge on any atom is -0.491 e. The number of fused-ring (bicyclic) bond motifs is 1. The quantitative estimate of drug-likeness (QED) is 0.646. The molecular weight excluding hydrogens is 338 g/mol. The van der Waals surface area contributed by atoms with E-state index in [9.17, 15) is 9.59 Å². The van der Waals surface area contributed by atoms with E-state index in [4.69, 9.17) is 9.47 Å². The van der Waals surface area contributed by atoms with Crippen LogP contribution in [0, 0.1) is 5.92 Å². The highest BCUT2D eigenvalue weighted by atomic mass is 79.9. The second kappa shape index (κ2) is 6.93. The monoisotopic (exact) mass is 355 g/mol. The summed E-state index contributed by atoms with van der Waals surface area (Å²) < 4.78 is 11.4. The van der Waals surface area contributed by atoms with Crippen LogP contribution in [-0.2, 0) is 27.2 Å². The summed E-state index contributed by atoms with van der Waals surface area (Å²) in [5, 5.41) is 2.68. The predicted octanol–water partition coefficient (Wildman–Crippen LogP) is 1.85. The van der Waals surface area contributed by atoms with Crippen molar-refractivity contribution >= 4 is 27.8 Å². The maximum Gasteiger partial charge on any atom is 0.309 e. The number of rotatable bonds is 5. The van der Waals surface area contributed by atoms with E-state index in [1.54, 1.807) is 0 Å². The number of carbonyl (C=O) groups is 2. The Bertz CT molecular complexity index is 559. The molecule has 0 aromatic heterocycles. The Morgan fingerprint density at radius 1 is 1.38 bits per heavy atom. The van der Waals surface area contributed by atoms with E-state index >= 15 is 0 Å². The summed E-state index contributed by atoms with van der Waals surface area (Å²) in [4.78, 5) is 22.4. The smallest absolute Gasteiger partial charge is 0.309 e. The fraction of sp³-hybridized carbons (Fsp3) is 0.467. The number of benzene rings is 1. The first-order valence-electron chi connectivity index (χ1n) is 6.78. The van der Waals surface area contributed by atoms with E-state index in [0.29, 0.717) is 26.0 Å². The molecule has 0 saturated carbocycles. The normalized spacial score (nSPS) is 16.2. The lowest BCUT2D eigenvalue weighted by molar-refractivity contribution is -0.145. The molecule has 0 radical (unpaired) electrons. The molecule has 114 valence electrons. The second-order valence-corrected chi connectivity index (χ2v) is 5.77. The van der Waals surface area contributed by atoms with Crippen molar-refractivity contribution in [3.63, 3.8) is 0 Å². The molecule has 5 nitrogen and oxygen atoms in total. The van der Waals surface area contributed by atoms with Crippen LogP contribution < -0.4 is 10.1 Å². The number of amides is 1. The molecule has 0 spiro atoms. The Labute approximate surface area is 132 Å². The maximum absolute atomic E-state index is 11.6. The molecule has 1 aromatic carbocycles.